The summed E-state index contributed by atoms with van der Waals surface area (Å²) in [5, 5.41) is 7.80. The molecule has 0 saturated heterocycles. The molecule has 0 aliphatic rings. The van der Waals surface area contributed by atoms with Crippen molar-refractivity contribution in [2.75, 3.05) is 25.3 Å². The van der Waals surface area contributed by atoms with Crippen LogP contribution in [-0.4, -0.2) is 34.3 Å². The Balaban J connectivity index is 2.02. The fourth-order valence-corrected chi connectivity index (χ4v) is 2.52. The van der Waals surface area contributed by atoms with Gasteiger partial charge in [-0.05, 0) is 12.1 Å². The molecular formula is C13H15F3N4OS. The minimum absolute atomic E-state index is 0.188. The van der Waals surface area contributed by atoms with E-state index in [2.05, 4.69) is 10.2 Å². The minimum Gasteiger partial charge on any atom is -0.384 e. The Morgan fingerprint density at radius 1 is 1.27 bits per heavy atom. The molecule has 22 heavy (non-hydrogen) atoms. The summed E-state index contributed by atoms with van der Waals surface area (Å²) in [4.78, 5) is 0. The normalized spacial score (nSPS) is 11.8. The molecule has 120 valence electrons. The fraction of sp³-hybridized carbons (Fsp3) is 0.385. The highest BCUT2D eigenvalue weighted by Gasteiger charge is 2.32. The number of nitrogens with zero attached hydrogens (tertiary/aromatic N) is 3. The van der Waals surface area contributed by atoms with E-state index in [-0.39, 0.29) is 10.7 Å². The molecule has 0 spiro atoms. The largest absolute Gasteiger partial charge is 0.384 e. The quantitative estimate of drug-likeness (QED) is 0.622. The minimum atomic E-state index is -3.13. The van der Waals surface area contributed by atoms with Gasteiger partial charge in [-0.15, -0.1) is 10.2 Å². The zero-order valence-electron chi connectivity index (χ0n) is 11.8. The zero-order chi connectivity index (χ0) is 16.2. The Morgan fingerprint density at radius 3 is 2.59 bits per heavy atom. The summed E-state index contributed by atoms with van der Waals surface area (Å²) in [6, 6.07) is 4.13. The van der Waals surface area contributed by atoms with Gasteiger partial charge in [0, 0.05) is 19.1 Å². The highest BCUT2D eigenvalue weighted by Crippen LogP contribution is 2.33. The van der Waals surface area contributed by atoms with Crippen LogP contribution in [0.25, 0.3) is 0 Å². The van der Waals surface area contributed by atoms with Crippen LogP contribution >= 0.6 is 11.8 Å². The van der Waals surface area contributed by atoms with Crippen molar-refractivity contribution in [3.8, 4) is 0 Å². The SMILES string of the molecule is COCCc1nnc(SCC(F)(F)c2ccc(F)cc2)n1N. The molecule has 0 aliphatic heterocycles. The van der Waals surface area contributed by atoms with Crippen molar-refractivity contribution in [3.63, 3.8) is 0 Å². The van der Waals surface area contributed by atoms with Crippen LogP contribution in [0.15, 0.2) is 29.4 Å². The molecule has 0 bridgehead atoms. The summed E-state index contributed by atoms with van der Waals surface area (Å²) in [6.07, 6.45) is 0.439. The van der Waals surface area contributed by atoms with Gasteiger partial charge in [-0.25, -0.2) is 17.8 Å². The maximum absolute atomic E-state index is 14.1. The zero-order valence-corrected chi connectivity index (χ0v) is 12.6. The summed E-state index contributed by atoms with van der Waals surface area (Å²) in [6.45, 7) is 0.408. The van der Waals surface area contributed by atoms with Crippen molar-refractivity contribution in [2.24, 2.45) is 0 Å². The lowest BCUT2D eigenvalue weighted by Gasteiger charge is -2.15. The second kappa shape index (κ2) is 7.01. The number of benzene rings is 1. The molecule has 0 aliphatic carbocycles. The lowest BCUT2D eigenvalue weighted by atomic mass is 10.1. The molecule has 1 aromatic heterocycles. The number of hydrogen-bond acceptors (Lipinski definition) is 5. The van der Waals surface area contributed by atoms with E-state index in [0.717, 1.165) is 36.0 Å². The van der Waals surface area contributed by atoms with Crippen LogP contribution < -0.4 is 5.84 Å². The summed E-state index contributed by atoms with van der Waals surface area (Å²) in [5.41, 5.74) is -0.260. The number of halogens is 3. The molecule has 0 atom stereocenters. The summed E-state index contributed by atoms with van der Waals surface area (Å²) in [7, 11) is 1.54. The van der Waals surface area contributed by atoms with Crippen molar-refractivity contribution >= 4 is 11.8 Å². The average Bonchev–Trinajstić information content (AvgIpc) is 2.84. The van der Waals surface area contributed by atoms with E-state index < -0.39 is 17.5 Å². The van der Waals surface area contributed by atoms with E-state index in [1.807, 2.05) is 0 Å². The highest BCUT2D eigenvalue weighted by atomic mass is 32.2. The van der Waals surface area contributed by atoms with Crippen LogP contribution in [0.4, 0.5) is 13.2 Å². The van der Waals surface area contributed by atoms with Gasteiger partial charge in [0.15, 0.2) is 5.82 Å². The molecule has 1 heterocycles. The van der Waals surface area contributed by atoms with Gasteiger partial charge in [0.1, 0.15) is 5.82 Å². The van der Waals surface area contributed by atoms with Crippen LogP contribution in [0.5, 0.6) is 0 Å². The lowest BCUT2D eigenvalue weighted by molar-refractivity contribution is 0.0230. The summed E-state index contributed by atoms with van der Waals surface area (Å²) < 4.78 is 47.0. The van der Waals surface area contributed by atoms with E-state index in [9.17, 15) is 13.2 Å². The monoisotopic (exact) mass is 332 g/mol. The smallest absolute Gasteiger partial charge is 0.282 e. The van der Waals surface area contributed by atoms with E-state index in [0.29, 0.717) is 18.9 Å². The number of alkyl halides is 2. The third-order valence-corrected chi connectivity index (χ3v) is 3.96. The van der Waals surface area contributed by atoms with E-state index in [1.54, 1.807) is 0 Å². The van der Waals surface area contributed by atoms with Crippen molar-refractivity contribution in [1.29, 1.82) is 0 Å². The molecule has 0 saturated carbocycles. The van der Waals surface area contributed by atoms with Gasteiger partial charge in [-0.2, -0.15) is 0 Å². The van der Waals surface area contributed by atoms with Crippen LogP contribution in [0.1, 0.15) is 11.4 Å². The highest BCUT2D eigenvalue weighted by molar-refractivity contribution is 7.99. The molecule has 2 aromatic rings. The molecular weight excluding hydrogens is 317 g/mol. The van der Waals surface area contributed by atoms with Crippen LogP contribution in [0, 0.1) is 5.82 Å². The second-order valence-electron chi connectivity index (χ2n) is 4.51. The Labute approximate surface area is 129 Å². The van der Waals surface area contributed by atoms with E-state index >= 15 is 0 Å². The average molecular weight is 332 g/mol. The van der Waals surface area contributed by atoms with Gasteiger partial charge in [0.05, 0.1) is 12.4 Å². The van der Waals surface area contributed by atoms with Gasteiger partial charge in [-0.3, -0.25) is 0 Å². The summed E-state index contributed by atoms with van der Waals surface area (Å²) >= 11 is 0.787. The van der Waals surface area contributed by atoms with Crippen molar-refractivity contribution in [2.45, 2.75) is 17.5 Å². The topological polar surface area (TPSA) is 66.0 Å². The van der Waals surface area contributed by atoms with E-state index in [4.69, 9.17) is 10.6 Å². The van der Waals surface area contributed by atoms with Gasteiger partial charge in [-0.1, -0.05) is 23.9 Å². The standard InChI is InChI=1S/C13H15F3N4OS/c1-21-7-6-11-18-19-12(20(11)17)22-8-13(15,16)9-2-4-10(14)5-3-9/h2-5H,6-8,17H2,1H3. The van der Waals surface area contributed by atoms with Crippen LogP contribution in [-0.2, 0) is 17.1 Å². The molecule has 1 aromatic carbocycles. The maximum atomic E-state index is 14.1. The Kier molecular flexibility index (Phi) is 5.30. The van der Waals surface area contributed by atoms with Crippen molar-refractivity contribution in [3.05, 3.63) is 41.5 Å². The number of hydrogen-bond donors (Lipinski definition) is 1. The number of thioether (sulfide) groups is 1. The Morgan fingerprint density at radius 2 is 1.95 bits per heavy atom. The van der Waals surface area contributed by atoms with Gasteiger partial charge < -0.3 is 10.6 Å². The molecule has 0 unspecified atom stereocenters. The molecule has 2 rings (SSSR count). The fourth-order valence-electron chi connectivity index (χ4n) is 1.70. The third kappa shape index (κ3) is 3.92. The predicted octanol–water partition coefficient (Wildman–Crippen LogP) is 2.20. The number of methoxy groups -OCH3 is 1. The number of ether oxygens (including phenoxy) is 1. The molecule has 5 nitrogen and oxygen atoms in total. The van der Waals surface area contributed by atoms with Crippen molar-refractivity contribution < 1.29 is 17.9 Å². The number of aromatic nitrogens is 3. The molecule has 9 heteroatoms. The first-order valence-electron chi connectivity index (χ1n) is 6.39. The number of nitrogens with two attached hydrogens (primary N) is 1. The molecule has 0 radical (unpaired) electrons. The third-order valence-electron chi connectivity index (χ3n) is 2.91. The van der Waals surface area contributed by atoms with Crippen molar-refractivity contribution in [1.82, 2.24) is 14.9 Å². The van der Waals surface area contributed by atoms with Gasteiger partial charge in [0.2, 0.25) is 5.16 Å². The Hall–Kier alpha value is -1.74. The first-order valence-corrected chi connectivity index (χ1v) is 7.37. The number of rotatable bonds is 7. The first-order chi connectivity index (χ1) is 10.4. The second-order valence-corrected chi connectivity index (χ2v) is 5.45. The molecule has 0 amide bonds. The molecule has 2 N–H and O–H groups in total. The molecule has 0 fully saturated rings. The van der Waals surface area contributed by atoms with Gasteiger partial charge >= 0.3 is 0 Å². The first kappa shape index (κ1) is 16.6. The predicted molar refractivity (Wildman–Crippen MR) is 76.8 cm³/mol. The van der Waals surface area contributed by atoms with Crippen LogP contribution in [0.3, 0.4) is 0 Å². The number of nitrogen functional groups attached to an aromatic ring is 1. The summed E-state index contributed by atoms with van der Waals surface area (Å²) in [5.74, 6) is 1.95. The van der Waals surface area contributed by atoms with E-state index in [1.165, 1.54) is 11.8 Å². The maximum Gasteiger partial charge on any atom is 0.282 e. The lowest BCUT2D eigenvalue weighted by Crippen LogP contribution is -2.19. The van der Waals surface area contributed by atoms with Crippen LogP contribution in [0.2, 0.25) is 0 Å². The Bertz CT molecular complexity index is 618. The van der Waals surface area contributed by atoms with Gasteiger partial charge in [0.25, 0.3) is 5.92 Å².